The number of carbonyl (C=O) groups is 1. The highest BCUT2D eigenvalue weighted by atomic mass is 35.5. The van der Waals surface area contributed by atoms with Crippen LogP contribution in [0.15, 0.2) is 82.6 Å². The van der Waals surface area contributed by atoms with Gasteiger partial charge < -0.3 is 5.32 Å². The van der Waals surface area contributed by atoms with Crippen molar-refractivity contribution in [1.29, 1.82) is 0 Å². The smallest absolute Gasteiger partial charge is 0.243 e. The van der Waals surface area contributed by atoms with Crippen molar-refractivity contribution in [2.45, 2.75) is 35.7 Å². The van der Waals surface area contributed by atoms with Crippen molar-refractivity contribution in [1.82, 2.24) is 13.9 Å². The Kier molecular flexibility index (Phi) is 9.12. The van der Waals surface area contributed by atoms with Crippen LogP contribution in [0, 0.1) is 0 Å². The van der Waals surface area contributed by atoms with Crippen molar-refractivity contribution in [2.24, 2.45) is 0 Å². The maximum absolute atomic E-state index is 13.4. The fourth-order valence-corrected chi connectivity index (χ4v) is 7.46. The average molecular weight is 597 g/mol. The molecular formula is C26H27Cl2N3O5S2. The summed E-state index contributed by atoms with van der Waals surface area (Å²) in [5, 5.41) is 3.41. The van der Waals surface area contributed by atoms with Crippen LogP contribution in [0.2, 0.25) is 10.0 Å². The first kappa shape index (κ1) is 28.5. The number of benzene rings is 3. The van der Waals surface area contributed by atoms with Crippen molar-refractivity contribution >= 4 is 49.2 Å². The zero-order valence-corrected chi connectivity index (χ0v) is 23.5. The quantitative estimate of drug-likeness (QED) is 0.376. The van der Waals surface area contributed by atoms with Gasteiger partial charge in [0.1, 0.15) is 0 Å². The summed E-state index contributed by atoms with van der Waals surface area (Å²) in [6, 6.07) is 18.9. The van der Waals surface area contributed by atoms with E-state index >= 15 is 0 Å². The Balaban J connectivity index is 1.46. The molecule has 0 aromatic heterocycles. The fraction of sp³-hybridized carbons (Fsp3) is 0.269. The predicted octanol–water partition coefficient (Wildman–Crippen LogP) is 4.29. The molecule has 0 bridgehead atoms. The lowest BCUT2D eigenvalue weighted by molar-refractivity contribution is -0.121. The highest BCUT2D eigenvalue weighted by Crippen LogP contribution is 2.25. The monoisotopic (exact) mass is 595 g/mol. The molecule has 202 valence electrons. The van der Waals surface area contributed by atoms with Gasteiger partial charge in [0.25, 0.3) is 0 Å². The Labute approximate surface area is 233 Å². The summed E-state index contributed by atoms with van der Waals surface area (Å²) in [7, 11) is -7.55. The van der Waals surface area contributed by atoms with Gasteiger partial charge in [-0.1, -0.05) is 59.6 Å². The van der Waals surface area contributed by atoms with Crippen molar-refractivity contribution in [3.63, 3.8) is 0 Å². The Morgan fingerprint density at radius 2 is 1.53 bits per heavy atom. The zero-order chi connectivity index (χ0) is 27.3. The Morgan fingerprint density at radius 3 is 2.16 bits per heavy atom. The molecule has 0 unspecified atom stereocenters. The molecule has 1 amide bonds. The van der Waals surface area contributed by atoms with Crippen LogP contribution >= 0.6 is 23.2 Å². The minimum atomic E-state index is -4.02. The first-order chi connectivity index (χ1) is 18.1. The lowest BCUT2D eigenvalue weighted by Gasteiger charge is -2.22. The Morgan fingerprint density at radius 1 is 0.868 bits per heavy atom. The molecule has 0 saturated carbocycles. The summed E-state index contributed by atoms with van der Waals surface area (Å²) < 4.78 is 54.7. The second-order valence-electron chi connectivity index (χ2n) is 8.85. The molecule has 1 aliphatic rings. The summed E-state index contributed by atoms with van der Waals surface area (Å²) in [6.07, 6.45) is 1.70. The van der Waals surface area contributed by atoms with E-state index in [9.17, 15) is 21.6 Å². The van der Waals surface area contributed by atoms with E-state index in [-0.39, 0.29) is 27.9 Å². The number of carbonyl (C=O) groups excluding carboxylic acids is 1. The number of nitrogens with zero attached hydrogens (tertiary/aromatic N) is 2. The van der Waals surface area contributed by atoms with Crippen LogP contribution in [0.3, 0.4) is 0 Å². The van der Waals surface area contributed by atoms with Gasteiger partial charge in [-0.25, -0.2) is 16.8 Å². The molecule has 3 aromatic rings. The maximum Gasteiger partial charge on any atom is 0.243 e. The lowest BCUT2D eigenvalue weighted by atomic mass is 10.2. The number of sulfonamides is 2. The van der Waals surface area contributed by atoms with Gasteiger partial charge in [-0.15, -0.1) is 0 Å². The van der Waals surface area contributed by atoms with E-state index < -0.39 is 32.5 Å². The topological polar surface area (TPSA) is 104 Å². The summed E-state index contributed by atoms with van der Waals surface area (Å²) in [5.41, 5.74) is 1.18. The molecule has 1 aliphatic heterocycles. The van der Waals surface area contributed by atoms with Crippen molar-refractivity contribution in [3.8, 4) is 0 Å². The summed E-state index contributed by atoms with van der Waals surface area (Å²) in [6.45, 7) is 0.554. The predicted molar refractivity (Wildman–Crippen MR) is 147 cm³/mol. The fourth-order valence-electron chi connectivity index (χ4n) is 4.08. The molecule has 8 nitrogen and oxygen atoms in total. The third-order valence-electron chi connectivity index (χ3n) is 6.18. The summed E-state index contributed by atoms with van der Waals surface area (Å²) in [4.78, 5) is 13.1. The van der Waals surface area contributed by atoms with Gasteiger partial charge in [0, 0.05) is 36.2 Å². The molecule has 1 fully saturated rings. The molecule has 1 heterocycles. The Bertz CT molecular complexity index is 1490. The number of halogens is 2. The lowest BCUT2D eigenvalue weighted by Crippen LogP contribution is -2.40. The maximum atomic E-state index is 13.4. The molecule has 0 atom stereocenters. The Hall–Kier alpha value is -2.47. The first-order valence-corrected chi connectivity index (χ1v) is 15.6. The van der Waals surface area contributed by atoms with Crippen LogP contribution in [0.1, 0.15) is 24.0 Å². The largest absolute Gasteiger partial charge is 0.351 e. The number of rotatable bonds is 10. The molecule has 1 N–H and O–H groups in total. The molecular weight excluding hydrogens is 569 g/mol. The number of hydrogen-bond donors (Lipinski definition) is 1. The second kappa shape index (κ2) is 12.1. The first-order valence-electron chi connectivity index (χ1n) is 11.9. The molecule has 4 rings (SSSR count). The zero-order valence-electron chi connectivity index (χ0n) is 20.4. The van der Waals surface area contributed by atoms with E-state index in [1.54, 1.807) is 42.5 Å². The van der Waals surface area contributed by atoms with Gasteiger partial charge in [0.2, 0.25) is 26.0 Å². The van der Waals surface area contributed by atoms with Crippen LogP contribution < -0.4 is 5.32 Å². The van der Waals surface area contributed by atoms with E-state index in [0.29, 0.717) is 29.2 Å². The minimum absolute atomic E-state index is 0.0488. The van der Waals surface area contributed by atoms with Gasteiger partial charge in [0.05, 0.1) is 16.3 Å². The average Bonchev–Trinajstić information content (AvgIpc) is 3.45. The molecule has 0 radical (unpaired) electrons. The summed E-state index contributed by atoms with van der Waals surface area (Å²) >= 11 is 12.3. The third kappa shape index (κ3) is 6.74. The SMILES string of the molecule is O=C(CN(Cc1ccc(Cl)cc1Cl)S(=O)(=O)c1ccccc1)NCc1ccc(S(=O)(=O)N2CCCC2)cc1. The molecule has 38 heavy (non-hydrogen) atoms. The van der Waals surface area contributed by atoms with Crippen LogP contribution in [-0.2, 0) is 37.9 Å². The normalized spacial score (nSPS) is 14.6. The van der Waals surface area contributed by atoms with Crippen LogP contribution in [0.4, 0.5) is 0 Å². The second-order valence-corrected chi connectivity index (χ2v) is 13.6. The van der Waals surface area contributed by atoms with E-state index in [0.717, 1.165) is 17.1 Å². The molecule has 1 saturated heterocycles. The molecule has 12 heteroatoms. The summed E-state index contributed by atoms with van der Waals surface area (Å²) in [5.74, 6) is -0.525. The molecule has 0 aliphatic carbocycles. The van der Waals surface area contributed by atoms with E-state index in [1.807, 2.05) is 0 Å². The van der Waals surface area contributed by atoms with Crippen LogP contribution in [0.5, 0.6) is 0 Å². The highest BCUT2D eigenvalue weighted by molar-refractivity contribution is 7.89. The molecule has 0 spiro atoms. The van der Waals surface area contributed by atoms with Gasteiger partial charge in [-0.05, 0) is 60.4 Å². The number of nitrogens with one attached hydrogen (secondary N) is 1. The van der Waals surface area contributed by atoms with Gasteiger partial charge in [-0.3, -0.25) is 4.79 Å². The van der Waals surface area contributed by atoms with Gasteiger partial charge >= 0.3 is 0 Å². The highest BCUT2D eigenvalue weighted by Gasteiger charge is 2.28. The molecule has 3 aromatic carbocycles. The number of amides is 1. The minimum Gasteiger partial charge on any atom is -0.351 e. The van der Waals surface area contributed by atoms with Crippen LogP contribution in [-0.4, -0.2) is 51.0 Å². The van der Waals surface area contributed by atoms with Gasteiger partial charge in [0.15, 0.2) is 0 Å². The standard InChI is InChI=1S/C26H27Cl2N3O5S2/c27-22-11-10-21(25(28)16-22)18-31(38(35,36)23-6-2-1-3-7-23)19-26(32)29-17-20-8-12-24(13-9-20)37(33,34)30-14-4-5-15-30/h1-3,6-13,16H,4-5,14-15,17-19H2,(H,29,32). The van der Waals surface area contributed by atoms with Gasteiger partial charge in [-0.2, -0.15) is 8.61 Å². The number of hydrogen-bond acceptors (Lipinski definition) is 5. The van der Waals surface area contributed by atoms with E-state index in [1.165, 1.54) is 34.6 Å². The van der Waals surface area contributed by atoms with Crippen molar-refractivity contribution in [3.05, 3.63) is 94.0 Å². The van der Waals surface area contributed by atoms with E-state index in [4.69, 9.17) is 23.2 Å². The van der Waals surface area contributed by atoms with E-state index in [2.05, 4.69) is 5.32 Å². The van der Waals surface area contributed by atoms with Crippen LogP contribution in [0.25, 0.3) is 0 Å². The van der Waals surface area contributed by atoms with Crippen molar-refractivity contribution < 1.29 is 21.6 Å². The third-order valence-corrected chi connectivity index (χ3v) is 10.5. The van der Waals surface area contributed by atoms with Crippen molar-refractivity contribution in [2.75, 3.05) is 19.6 Å².